The van der Waals surface area contributed by atoms with Gasteiger partial charge in [0, 0.05) is 33.3 Å². The molecule has 0 bridgehead atoms. The van der Waals surface area contributed by atoms with Crippen LogP contribution in [0.25, 0.3) is 65.5 Å². The van der Waals surface area contributed by atoms with E-state index in [2.05, 4.69) is 96.0 Å². The smallest absolute Gasteiger partial charge is 0.143 e. The summed E-state index contributed by atoms with van der Waals surface area (Å²) in [6.07, 6.45) is 1.94. The number of fused-ring (bicyclic) bond motifs is 7. The van der Waals surface area contributed by atoms with Gasteiger partial charge in [-0.15, -0.1) is 0 Å². The largest absolute Gasteiger partial charge is 0.455 e. The molecule has 144 valence electrons. The topological polar surface area (TPSA) is 26.0 Å². The van der Waals surface area contributed by atoms with Gasteiger partial charge in [0.25, 0.3) is 0 Å². The van der Waals surface area contributed by atoms with Crippen molar-refractivity contribution in [2.45, 2.75) is 0 Å². The molecule has 0 fully saturated rings. The number of hydrogen-bond acceptors (Lipinski definition) is 2. The third-order valence-corrected chi connectivity index (χ3v) is 6.25. The molecule has 0 amide bonds. The van der Waals surface area contributed by atoms with E-state index in [0.717, 1.165) is 44.0 Å². The molecule has 31 heavy (non-hydrogen) atoms. The summed E-state index contributed by atoms with van der Waals surface area (Å²) in [4.78, 5) is 4.68. The van der Waals surface area contributed by atoms with Crippen molar-refractivity contribution in [2.24, 2.45) is 0 Å². The Morgan fingerprint density at radius 1 is 0.516 bits per heavy atom. The fourth-order valence-corrected chi connectivity index (χ4v) is 4.65. The Kier molecular flexibility index (Phi) is 3.30. The van der Waals surface area contributed by atoms with Gasteiger partial charge in [-0.2, -0.15) is 0 Å². The molecule has 0 aliphatic carbocycles. The van der Waals surface area contributed by atoms with Crippen LogP contribution in [0.2, 0.25) is 0 Å². The van der Waals surface area contributed by atoms with Crippen LogP contribution in [0.5, 0.6) is 0 Å². The number of furan rings is 1. The van der Waals surface area contributed by atoms with E-state index in [4.69, 9.17) is 4.42 Å². The van der Waals surface area contributed by atoms with Crippen molar-refractivity contribution in [3.05, 3.63) is 103 Å². The van der Waals surface area contributed by atoms with Gasteiger partial charge in [-0.3, -0.25) is 4.98 Å². The Hall–Kier alpha value is -4.17. The van der Waals surface area contributed by atoms with E-state index in [1.165, 1.54) is 21.5 Å². The van der Waals surface area contributed by atoms with Gasteiger partial charge in [0.05, 0.1) is 5.69 Å². The molecule has 0 aliphatic heterocycles. The summed E-state index contributed by atoms with van der Waals surface area (Å²) in [5.41, 5.74) is 3.86. The van der Waals surface area contributed by atoms with Crippen LogP contribution in [0.3, 0.4) is 0 Å². The zero-order chi connectivity index (χ0) is 20.4. The summed E-state index contributed by atoms with van der Waals surface area (Å²) in [6, 6.07) is 34.2. The second kappa shape index (κ2) is 6.16. The number of aromatic nitrogens is 1. The van der Waals surface area contributed by atoms with E-state index in [1.807, 2.05) is 12.3 Å². The van der Waals surface area contributed by atoms with Crippen molar-refractivity contribution in [3.8, 4) is 11.3 Å². The summed E-state index contributed by atoms with van der Waals surface area (Å²) < 4.78 is 6.44. The minimum atomic E-state index is 0.892. The number of benzene rings is 5. The van der Waals surface area contributed by atoms with Crippen LogP contribution in [0.4, 0.5) is 0 Å². The minimum absolute atomic E-state index is 0.892. The molecule has 0 N–H and O–H groups in total. The van der Waals surface area contributed by atoms with Gasteiger partial charge in [-0.25, -0.2) is 0 Å². The molecule has 0 atom stereocenters. The SMILES string of the molecule is c1ccc2cc(-c3ccc4c(c3)oc3c5cc6ccccc6cc5ccc43)ncc2c1. The Morgan fingerprint density at radius 3 is 2.06 bits per heavy atom. The molecule has 0 saturated carbocycles. The molecule has 0 radical (unpaired) electrons. The molecule has 0 aliphatic rings. The normalized spacial score (nSPS) is 11.9. The molecule has 0 spiro atoms. The highest BCUT2D eigenvalue weighted by Crippen LogP contribution is 2.37. The first-order valence-electron chi connectivity index (χ1n) is 10.5. The van der Waals surface area contributed by atoms with Crippen LogP contribution in [-0.2, 0) is 0 Å². The number of pyridine rings is 1. The summed E-state index contributed by atoms with van der Waals surface area (Å²) in [5, 5.41) is 9.44. The highest BCUT2D eigenvalue weighted by atomic mass is 16.3. The second-order valence-electron chi connectivity index (χ2n) is 8.09. The standard InChI is InChI=1S/C29H17NO/c1-2-6-19-14-26-21(13-18(19)5-1)9-12-25-24-11-10-22(16-28(24)31-29(25)26)27-15-20-7-3-4-8-23(20)17-30-27/h1-17H. The van der Waals surface area contributed by atoms with Crippen LogP contribution >= 0.6 is 0 Å². The predicted octanol–water partition coefficient (Wildman–Crippen LogP) is 8.11. The van der Waals surface area contributed by atoms with Crippen LogP contribution in [-0.4, -0.2) is 4.98 Å². The Labute approximate surface area is 178 Å². The molecule has 2 aromatic heterocycles. The average Bonchev–Trinajstić information content (AvgIpc) is 3.21. The lowest BCUT2D eigenvalue weighted by Gasteiger charge is -2.03. The summed E-state index contributed by atoms with van der Waals surface area (Å²) in [7, 11) is 0. The predicted molar refractivity (Wildman–Crippen MR) is 129 cm³/mol. The van der Waals surface area contributed by atoms with Gasteiger partial charge in [0.15, 0.2) is 0 Å². The highest BCUT2D eigenvalue weighted by Gasteiger charge is 2.12. The van der Waals surface area contributed by atoms with Crippen LogP contribution in [0.1, 0.15) is 0 Å². The molecular weight excluding hydrogens is 378 g/mol. The average molecular weight is 395 g/mol. The first-order valence-corrected chi connectivity index (χ1v) is 10.5. The molecule has 2 heteroatoms. The van der Waals surface area contributed by atoms with Crippen molar-refractivity contribution in [2.75, 3.05) is 0 Å². The van der Waals surface area contributed by atoms with Gasteiger partial charge in [0.1, 0.15) is 11.2 Å². The van der Waals surface area contributed by atoms with Crippen LogP contribution < -0.4 is 0 Å². The van der Waals surface area contributed by atoms with E-state index < -0.39 is 0 Å². The molecule has 2 heterocycles. The summed E-state index contributed by atoms with van der Waals surface area (Å²) >= 11 is 0. The maximum Gasteiger partial charge on any atom is 0.143 e. The van der Waals surface area contributed by atoms with Gasteiger partial charge in [-0.05, 0) is 57.9 Å². The first kappa shape index (κ1) is 16.6. The monoisotopic (exact) mass is 395 g/mol. The van der Waals surface area contributed by atoms with Crippen molar-refractivity contribution in [1.82, 2.24) is 4.98 Å². The minimum Gasteiger partial charge on any atom is -0.455 e. The zero-order valence-electron chi connectivity index (χ0n) is 16.7. The first-order chi connectivity index (χ1) is 15.3. The quantitative estimate of drug-likeness (QED) is 0.262. The van der Waals surface area contributed by atoms with Gasteiger partial charge in [-0.1, -0.05) is 60.7 Å². The lowest BCUT2D eigenvalue weighted by Crippen LogP contribution is -1.84. The third kappa shape index (κ3) is 2.48. The van der Waals surface area contributed by atoms with Crippen molar-refractivity contribution in [1.29, 1.82) is 0 Å². The van der Waals surface area contributed by atoms with E-state index in [0.29, 0.717) is 0 Å². The fourth-order valence-electron chi connectivity index (χ4n) is 4.65. The Bertz CT molecular complexity index is 1790. The Morgan fingerprint density at radius 2 is 1.23 bits per heavy atom. The molecule has 7 aromatic rings. The zero-order valence-corrected chi connectivity index (χ0v) is 16.7. The Balaban J connectivity index is 1.47. The molecule has 2 nitrogen and oxygen atoms in total. The summed E-state index contributed by atoms with van der Waals surface area (Å²) in [5.74, 6) is 0. The molecule has 7 rings (SSSR count). The molecule has 5 aromatic carbocycles. The van der Waals surface area contributed by atoms with Gasteiger partial charge < -0.3 is 4.42 Å². The maximum absolute atomic E-state index is 6.44. The van der Waals surface area contributed by atoms with Crippen molar-refractivity contribution < 1.29 is 4.42 Å². The molecular formula is C29H17NO. The highest BCUT2D eigenvalue weighted by molar-refractivity contribution is 6.17. The van der Waals surface area contributed by atoms with Crippen LogP contribution in [0, 0.1) is 0 Å². The van der Waals surface area contributed by atoms with E-state index in [1.54, 1.807) is 0 Å². The lowest BCUT2D eigenvalue weighted by atomic mass is 10.0. The maximum atomic E-state index is 6.44. The van der Waals surface area contributed by atoms with Gasteiger partial charge in [0.2, 0.25) is 0 Å². The van der Waals surface area contributed by atoms with Crippen molar-refractivity contribution in [3.63, 3.8) is 0 Å². The van der Waals surface area contributed by atoms with Crippen LogP contribution in [0.15, 0.2) is 108 Å². The number of rotatable bonds is 1. The second-order valence-corrected chi connectivity index (χ2v) is 8.09. The third-order valence-electron chi connectivity index (χ3n) is 6.25. The summed E-state index contributed by atoms with van der Waals surface area (Å²) in [6.45, 7) is 0. The van der Waals surface area contributed by atoms with Crippen molar-refractivity contribution >= 4 is 54.3 Å². The lowest BCUT2D eigenvalue weighted by molar-refractivity contribution is 0.673. The van der Waals surface area contributed by atoms with E-state index in [-0.39, 0.29) is 0 Å². The fraction of sp³-hybridized carbons (Fsp3) is 0. The number of nitrogens with zero attached hydrogens (tertiary/aromatic N) is 1. The van der Waals surface area contributed by atoms with E-state index in [9.17, 15) is 0 Å². The molecule has 0 unspecified atom stereocenters. The van der Waals surface area contributed by atoms with E-state index >= 15 is 0 Å². The molecule has 0 saturated heterocycles. The number of hydrogen-bond donors (Lipinski definition) is 0. The van der Waals surface area contributed by atoms with Gasteiger partial charge >= 0.3 is 0 Å².